The number of halogens is 2. The third-order valence-corrected chi connectivity index (χ3v) is 5.39. The molecule has 1 unspecified atom stereocenters. The van der Waals surface area contributed by atoms with Crippen molar-refractivity contribution in [2.45, 2.75) is 12.0 Å². The lowest BCUT2D eigenvalue weighted by atomic mass is 9.78. The van der Waals surface area contributed by atoms with E-state index in [1.807, 2.05) is 6.07 Å². The van der Waals surface area contributed by atoms with Crippen LogP contribution in [-0.2, 0) is 10.3 Å². The van der Waals surface area contributed by atoms with E-state index in [4.69, 9.17) is 31.8 Å². The molecule has 1 atom stereocenters. The predicted octanol–water partition coefficient (Wildman–Crippen LogP) is 4.06. The van der Waals surface area contributed by atoms with Crippen molar-refractivity contribution >= 4 is 17.4 Å². The molecule has 4 heterocycles. The largest absolute Gasteiger partial charge is 0.455 e. The molecule has 2 aliphatic rings. The number of hydrogen-bond donors (Lipinski definition) is 1. The van der Waals surface area contributed by atoms with Gasteiger partial charge in [-0.2, -0.15) is 4.39 Å². The topological polar surface area (TPSA) is 82.6 Å². The molecule has 0 radical (unpaired) electrons. The number of nitrogens with two attached hydrogens (primary N) is 1. The summed E-state index contributed by atoms with van der Waals surface area (Å²) in [6.07, 6.45) is 3.52. The van der Waals surface area contributed by atoms with Crippen LogP contribution in [0.4, 0.5) is 4.39 Å². The lowest BCUT2D eigenvalue weighted by Gasteiger charge is -2.37. The molecule has 0 aliphatic carbocycles. The third kappa shape index (κ3) is 2.94. The van der Waals surface area contributed by atoms with Gasteiger partial charge in [0.2, 0.25) is 5.95 Å². The van der Waals surface area contributed by atoms with Crippen molar-refractivity contribution in [2.75, 3.05) is 13.2 Å². The highest BCUT2D eigenvalue weighted by Crippen LogP contribution is 2.52. The van der Waals surface area contributed by atoms with Crippen molar-refractivity contribution in [3.63, 3.8) is 0 Å². The minimum absolute atomic E-state index is 0.239. The summed E-state index contributed by atoms with van der Waals surface area (Å²) in [6.45, 7) is 0.678. The molecule has 2 N–H and O–H groups in total. The predicted molar refractivity (Wildman–Crippen MR) is 107 cm³/mol. The number of aromatic nitrogens is 2. The Kier molecular flexibility index (Phi) is 4.22. The number of fused-ring (bicyclic) bond motifs is 4. The SMILES string of the molecule is NC1=NC2(CCOC1)c1cc(-c3cccnc3F)ccc1Oc1cnc(Cl)cc12. The highest BCUT2D eigenvalue weighted by molar-refractivity contribution is 6.29. The Hall–Kier alpha value is -3.03. The molecular formula is C21H16ClFN4O2. The van der Waals surface area contributed by atoms with Gasteiger partial charge in [-0.15, -0.1) is 0 Å². The van der Waals surface area contributed by atoms with Gasteiger partial charge in [0, 0.05) is 29.3 Å². The summed E-state index contributed by atoms with van der Waals surface area (Å²) in [4.78, 5) is 12.7. The number of benzene rings is 1. The van der Waals surface area contributed by atoms with Gasteiger partial charge >= 0.3 is 0 Å². The number of pyridine rings is 2. The first kappa shape index (κ1) is 18.0. The molecule has 5 rings (SSSR count). The summed E-state index contributed by atoms with van der Waals surface area (Å²) in [5.74, 6) is 0.985. The number of rotatable bonds is 1. The minimum Gasteiger partial charge on any atom is -0.455 e. The molecule has 0 bridgehead atoms. The van der Waals surface area contributed by atoms with E-state index < -0.39 is 11.5 Å². The Balaban J connectivity index is 1.78. The Bertz CT molecular complexity index is 1150. The Morgan fingerprint density at radius 3 is 2.83 bits per heavy atom. The van der Waals surface area contributed by atoms with Gasteiger partial charge in [-0.3, -0.25) is 4.99 Å². The molecule has 0 amide bonds. The third-order valence-electron chi connectivity index (χ3n) is 5.19. The van der Waals surface area contributed by atoms with Crippen LogP contribution in [0.2, 0.25) is 5.15 Å². The van der Waals surface area contributed by atoms with Crippen molar-refractivity contribution in [1.29, 1.82) is 0 Å². The maximum atomic E-state index is 14.3. The van der Waals surface area contributed by atoms with E-state index in [0.717, 1.165) is 11.1 Å². The maximum absolute atomic E-state index is 14.3. The van der Waals surface area contributed by atoms with Crippen LogP contribution in [0.15, 0.2) is 53.8 Å². The van der Waals surface area contributed by atoms with Gasteiger partial charge in [0.15, 0.2) is 5.75 Å². The van der Waals surface area contributed by atoms with Crippen molar-refractivity contribution in [3.05, 3.63) is 71.0 Å². The zero-order valence-corrected chi connectivity index (χ0v) is 16.0. The smallest absolute Gasteiger partial charge is 0.220 e. The number of ether oxygens (including phenoxy) is 2. The van der Waals surface area contributed by atoms with Crippen LogP contribution in [0.5, 0.6) is 11.5 Å². The molecule has 146 valence electrons. The van der Waals surface area contributed by atoms with Crippen LogP contribution >= 0.6 is 11.6 Å². The molecule has 2 aromatic heterocycles. The average molecular weight is 411 g/mol. The highest BCUT2D eigenvalue weighted by Gasteiger charge is 2.44. The second-order valence-corrected chi connectivity index (χ2v) is 7.31. The van der Waals surface area contributed by atoms with E-state index in [1.165, 1.54) is 6.20 Å². The van der Waals surface area contributed by atoms with Gasteiger partial charge < -0.3 is 15.2 Å². The molecule has 2 aliphatic heterocycles. The first-order chi connectivity index (χ1) is 14.1. The fraction of sp³-hybridized carbons (Fsp3) is 0.190. The molecule has 0 saturated heterocycles. The zero-order valence-electron chi connectivity index (χ0n) is 15.2. The number of amidine groups is 1. The van der Waals surface area contributed by atoms with Gasteiger partial charge in [-0.25, -0.2) is 9.97 Å². The van der Waals surface area contributed by atoms with E-state index in [1.54, 1.807) is 36.5 Å². The average Bonchev–Trinajstić information content (AvgIpc) is 2.91. The highest BCUT2D eigenvalue weighted by atomic mass is 35.5. The summed E-state index contributed by atoms with van der Waals surface area (Å²) in [5.41, 5.74) is 7.84. The molecule has 1 aromatic carbocycles. The number of aliphatic imine (C=N–C) groups is 1. The van der Waals surface area contributed by atoms with Gasteiger partial charge in [0.1, 0.15) is 28.9 Å². The lowest BCUT2D eigenvalue weighted by molar-refractivity contribution is 0.160. The fourth-order valence-corrected chi connectivity index (χ4v) is 4.07. The van der Waals surface area contributed by atoms with Crippen molar-refractivity contribution in [1.82, 2.24) is 9.97 Å². The Labute approximate surface area is 171 Å². The normalized spacial score (nSPS) is 20.3. The van der Waals surface area contributed by atoms with Crippen molar-refractivity contribution in [2.24, 2.45) is 10.7 Å². The van der Waals surface area contributed by atoms with Crippen LogP contribution in [0.1, 0.15) is 17.5 Å². The quantitative estimate of drug-likeness (QED) is 0.611. The summed E-state index contributed by atoms with van der Waals surface area (Å²) in [6, 6.07) is 10.6. The van der Waals surface area contributed by atoms with Crippen LogP contribution in [0.3, 0.4) is 0 Å². The second kappa shape index (κ2) is 6.79. The summed E-state index contributed by atoms with van der Waals surface area (Å²) >= 11 is 6.20. The lowest BCUT2D eigenvalue weighted by Crippen LogP contribution is -2.32. The van der Waals surface area contributed by atoms with E-state index in [-0.39, 0.29) is 6.61 Å². The van der Waals surface area contributed by atoms with Gasteiger partial charge in [0.05, 0.1) is 12.8 Å². The Morgan fingerprint density at radius 2 is 1.97 bits per heavy atom. The van der Waals surface area contributed by atoms with Crippen LogP contribution < -0.4 is 10.5 Å². The van der Waals surface area contributed by atoms with Crippen LogP contribution in [0, 0.1) is 5.95 Å². The van der Waals surface area contributed by atoms with E-state index in [9.17, 15) is 4.39 Å². The first-order valence-corrected chi connectivity index (χ1v) is 9.46. The monoisotopic (exact) mass is 410 g/mol. The van der Waals surface area contributed by atoms with Crippen LogP contribution in [0.25, 0.3) is 11.1 Å². The summed E-state index contributed by atoms with van der Waals surface area (Å²) in [5, 5.41) is 0.323. The number of hydrogen-bond acceptors (Lipinski definition) is 6. The van der Waals surface area contributed by atoms with Crippen molar-refractivity contribution in [3.8, 4) is 22.6 Å². The van der Waals surface area contributed by atoms with Crippen LogP contribution in [-0.4, -0.2) is 29.0 Å². The standard InChI is InChI=1S/C21H16ClFN4O2/c22-18-9-15-17(10-26-18)29-16-4-3-12(13-2-1-6-25-20(13)23)8-14(16)21(15)5-7-28-11-19(24)27-21/h1-4,6,8-10H,5,7,11H2,(H2,24,27). The molecule has 0 fully saturated rings. The minimum atomic E-state index is -0.870. The molecule has 1 spiro atoms. The Morgan fingerprint density at radius 1 is 1.10 bits per heavy atom. The molecular weight excluding hydrogens is 395 g/mol. The molecule has 29 heavy (non-hydrogen) atoms. The summed E-state index contributed by atoms with van der Waals surface area (Å²) in [7, 11) is 0. The first-order valence-electron chi connectivity index (χ1n) is 9.08. The van der Waals surface area contributed by atoms with E-state index >= 15 is 0 Å². The second-order valence-electron chi connectivity index (χ2n) is 6.92. The zero-order chi connectivity index (χ0) is 20.0. The molecule has 0 saturated carbocycles. The molecule has 3 aromatic rings. The van der Waals surface area contributed by atoms with Gasteiger partial charge in [-0.1, -0.05) is 17.7 Å². The van der Waals surface area contributed by atoms with Crippen molar-refractivity contribution < 1.29 is 13.9 Å². The fourth-order valence-electron chi connectivity index (χ4n) is 3.92. The van der Waals surface area contributed by atoms with E-state index in [2.05, 4.69) is 9.97 Å². The molecule has 6 nitrogen and oxygen atoms in total. The van der Waals surface area contributed by atoms with Gasteiger partial charge in [-0.05, 0) is 35.9 Å². The number of nitrogens with zero attached hydrogens (tertiary/aromatic N) is 3. The summed E-state index contributed by atoms with van der Waals surface area (Å²) < 4.78 is 26.0. The molecule has 8 heteroatoms. The van der Waals surface area contributed by atoms with E-state index in [0.29, 0.717) is 46.6 Å². The maximum Gasteiger partial charge on any atom is 0.220 e. The van der Waals surface area contributed by atoms with Gasteiger partial charge in [0.25, 0.3) is 0 Å².